The van der Waals surface area contributed by atoms with Crippen molar-refractivity contribution in [2.24, 2.45) is 0 Å². The zero-order chi connectivity index (χ0) is 15.3. The molecule has 116 valence electrons. The summed E-state index contributed by atoms with van der Waals surface area (Å²) in [7, 11) is -4.94. The van der Waals surface area contributed by atoms with Crippen molar-refractivity contribution in [3.63, 3.8) is 0 Å². The van der Waals surface area contributed by atoms with Gasteiger partial charge < -0.3 is 0 Å². The van der Waals surface area contributed by atoms with Crippen molar-refractivity contribution in [1.29, 1.82) is 0 Å². The fraction of sp³-hybridized carbons (Fsp3) is 0.615. The Morgan fingerprint density at radius 1 is 0.900 bits per heavy atom. The van der Waals surface area contributed by atoms with E-state index in [-0.39, 0.29) is 0 Å². The number of hydrogen-bond donors (Lipinski definition) is 0. The highest BCUT2D eigenvalue weighted by atomic mass is 35.7. The van der Waals surface area contributed by atoms with Crippen LogP contribution in [0.2, 0.25) is 0 Å². The molecule has 0 aromatic carbocycles. The highest BCUT2D eigenvalue weighted by Crippen LogP contribution is 2.08. The number of hydrogen-bond acceptors (Lipinski definition) is 5. The standard InChI is InChI=1S/C13H22NS.ClHO4/c1-2-3-4-5-9-12-15-13-14-10-7-6-8-11-14;2-1(3,4)5/h6-8,10-11H,2-5,9,12-13H2,1H3;(H,2,3,4,5)/q+1;/p-1. The molecule has 0 saturated carbocycles. The molecule has 1 aromatic heterocycles. The Hall–Kier alpha value is -0.370. The molecule has 0 unspecified atom stereocenters. The molecule has 0 aliphatic carbocycles. The molecule has 0 amide bonds. The summed E-state index contributed by atoms with van der Waals surface area (Å²) in [6.45, 7) is 2.26. The van der Waals surface area contributed by atoms with Crippen LogP contribution in [0.4, 0.5) is 0 Å². The number of unbranched alkanes of at least 4 members (excludes halogenated alkanes) is 4. The molecule has 0 N–H and O–H groups in total. The molecule has 0 saturated heterocycles. The molecule has 20 heavy (non-hydrogen) atoms. The minimum atomic E-state index is -4.94. The van der Waals surface area contributed by atoms with Gasteiger partial charge in [0.25, 0.3) is 0 Å². The quantitative estimate of drug-likeness (QED) is 0.446. The lowest BCUT2D eigenvalue weighted by atomic mass is 10.2. The zero-order valence-corrected chi connectivity index (χ0v) is 13.3. The summed E-state index contributed by atoms with van der Waals surface area (Å²) in [4.78, 5) is 0. The Labute approximate surface area is 127 Å². The van der Waals surface area contributed by atoms with Crippen LogP contribution in [-0.2, 0) is 5.88 Å². The Kier molecular flexibility index (Phi) is 12.1. The molecule has 0 atom stereocenters. The van der Waals surface area contributed by atoms with E-state index in [0.717, 1.165) is 5.88 Å². The average Bonchev–Trinajstić information content (AvgIpc) is 2.37. The fourth-order valence-electron chi connectivity index (χ4n) is 1.50. The topological polar surface area (TPSA) is 96.1 Å². The molecule has 5 nitrogen and oxygen atoms in total. The van der Waals surface area contributed by atoms with Gasteiger partial charge in [-0.2, -0.15) is 4.57 Å². The summed E-state index contributed by atoms with van der Waals surface area (Å²) < 4.78 is 36.2. The van der Waals surface area contributed by atoms with Crippen LogP contribution in [0.3, 0.4) is 0 Å². The second-order valence-corrected chi connectivity index (χ2v) is 6.05. The van der Waals surface area contributed by atoms with Gasteiger partial charge in [-0.1, -0.05) is 50.4 Å². The summed E-state index contributed by atoms with van der Waals surface area (Å²) in [5.74, 6) is 2.39. The van der Waals surface area contributed by atoms with Crippen LogP contribution in [0.1, 0.15) is 39.0 Å². The third-order valence-corrected chi connectivity index (χ3v) is 3.47. The lowest BCUT2D eigenvalue weighted by molar-refractivity contribution is -2.00. The van der Waals surface area contributed by atoms with Crippen molar-refractivity contribution >= 4 is 11.8 Å². The van der Waals surface area contributed by atoms with E-state index in [1.807, 2.05) is 11.8 Å². The van der Waals surface area contributed by atoms with E-state index in [2.05, 4.69) is 42.1 Å². The van der Waals surface area contributed by atoms with Crippen LogP contribution in [0.15, 0.2) is 30.6 Å². The first-order valence-corrected chi connectivity index (χ1v) is 8.96. The van der Waals surface area contributed by atoms with E-state index >= 15 is 0 Å². The first kappa shape index (κ1) is 19.6. The van der Waals surface area contributed by atoms with E-state index in [0.29, 0.717) is 0 Å². The number of rotatable bonds is 8. The van der Waals surface area contributed by atoms with E-state index in [1.54, 1.807) is 0 Å². The third kappa shape index (κ3) is 17.6. The highest BCUT2D eigenvalue weighted by Gasteiger charge is 1.97. The second-order valence-electron chi connectivity index (χ2n) is 4.22. The van der Waals surface area contributed by atoms with E-state index in [1.165, 1.54) is 37.9 Å². The predicted molar refractivity (Wildman–Crippen MR) is 67.9 cm³/mol. The maximum Gasteiger partial charge on any atom is 0.194 e. The maximum absolute atomic E-state index is 8.49. The monoisotopic (exact) mass is 323 g/mol. The van der Waals surface area contributed by atoms with Gasteiger partial charge in [0.1, 0.15) is 0 Å². The molecular weight excluding hydrogens is 302 g/mol. The van der Waals surface area contributed by atoms with Crippen molar-refractivity contribution < 1.29 is 33.4 Å². The number of halogens is 1. The molecule has 0 fully saturated rings. The van der Waals surface area contributed by atoms with Gasteiger partial charge in [-0.25, -0.2) is 18.6 Å². The van der Waals surface area contributed by atoms with Crippen LogP contribution in [-0.4, -0.2) is 5.75 Å². The minimum absolute atomic E-state index is 1.09. The minimum Gasteiger partial charge on any atom is -0.222 e. The van der Waals surface area contributed by atoms with Gasteiger partial charge in [0, 0.05) is 12.1 Å². The molecule has 0 spiro atoms. The summed E-state index contributed by atoms with van der Waals surface area (Å²) in [5.41, 5.74) is 0. The van der Waals surface area contributed by atoms with E-state index in [4.69, 9.17) is 18.6 Å². The lowest BCUT2D eigenvalue weighted by Gasteiger charge is -2.17. The molecular formula is C13H22ClNO4S. The van der Waals surface area contributed by atoms with Gasteiger partial charge in [-0.15, -0.1) is 10.2 Å². The lowest BCUT2D eigenvalue weighted by Crippen LogP contribution is -2.68. The van der Waals surface area contributed by atoms with Crippen molar-refractivity contribution in [3.05, 3.63) is 30.6 Å². The molecule has 0 bridgehead atoms. The van der Waals surface area contributed by atoms with Crippen LogP contribution < -0.4 is 23.2 Å². The van der Waals surface area contributed by atoms with Crippen molar-refractivity contribution in [2.75, 3.05) is 5.75 Å². The Balaban J connectivity index is 0.000000621. The van der Waals surface area contributed by atoms with Crippen LogP contribution >= 0.6 is 11.8 Å². The molecule has 0 radical (unpaired) electrons. The zero-order valence-electron chi connectivity index (χ0n) is 11.7. The number of pyridine rings is 1. The average molecular weight is 324 g/mol. The normalized spacial score (nSPS) is 10.8. The maximum atomic E-state index is 8.49. The molecule has 0 aliphatic heterocycles. The summed E-state index contributed by atoms with van der Waals surface area (Å²) in [6.07, 6.45) is 11.2. The predicted octanol–water partition coefficient (Wildman–Crippen LogP) is -1.12. The summed E-state index contributed by atoms with van der Waals surface area (Å²) >= 11 is 2.03. The van der Waals surface area contributed by atoms with Gasteiger partial charge in [0.15, 0.2) is 18.3 Å². The molecule has 1 rings (SSSR count). The summed E-state index contributed by atoms with van der Waals surface area (Å²) in [6, 6.07) is 6.23. The van der Waals surface area contributed by atoms with Crippen LogP contribution in [0.25, 0.3) is 0 Å². The van der Waals surface area contributed by atoms with E-state index < -0.39 is 10.2 Å². The molecule has 1 aromatic rings. The smallest absolute Gasteiger partial charge is 0.194 e. The van der Waals surface area contributed by atoms with Crippen molar-refractivity contribution in [1.82, 2.24) is 0 Å². The number of thioether (sulfide) groups is 1. The van der Waals surface area contributed by atoms with Gasteiger partial charge >= 0.3 is 0 Å². The SMILES string of the molecule is CCCCCCCSC[n+]1ccccc1.[O-][Cl+3]([O-])([O-])[O-]. The molecule has 1 heterocycles. The van der Waals surface area contributed by atoms with Gasteiger partial charge in [-0.3, -0.25) is 0 Å². The highest BCUT2D eigenvalue weighted by molar-refractivity contribution is 7.98. The van der Waals surface area contributed by atoms with Gasteiger partial charge in [-0.05, 0) is 12.2 Å². The van der Waals surface area contributed by atoms with Crippen LogP contribution in [0.5, 0.6) is 0 Å². The summed E-state index contributed by atoms with van der Waals surface area (Å²) in [5, 5.41) is 0. The Morgan fingerprint density at radius 2 is 1.45 bits per heavy atom. The Bertz CT molecular complexity index is 316. The van der Waals surface area contributed by atoms with Gasteiger partial charge in [0.2, 0.25) is 0 Å². The second kappa shape index (κ2) is 12.4. The molecule has 7 heteroatoms. The van der Waals surface area contributed by atoms with E-state index in [9.17, 15) is 0 Å². The number of nitrogens with zero attached hydrogens (tertiary/aromatic N) is 1. The largest absolute Gasteiger partial charge is 0.222 e. The van der Waals surface area contributed by atoms with Crippen molar-refractivity contribution in [2.45, 2.75) is 44.9 Å². The molecule has 0 aliphatic rings. The third-order valence-electron chi connectivity index (χ3n) is 2.41. The number of aromatic nitrogens is 1. The first-order valence-electron chi connectivity index (χ1n) is 6.57. The van der Waals surface area contributed by atoms with Crippen LogP contribution in [0, 0.1) is 10.2 Å². The fourth-order valence-corrected chi connectivity index (χ4v) is 2.42. The van der Waals surface area contributed by atoms with Gasteiger partial charge in [0.05, 0.1) is 0 Å². The van der Waals surface area contributed by atoms with Crippen molar-refractivity contribution in [3.8, 4) is 0 Å². The Morgan fingerprint density at radius 3 is 2.00 bits per heavy atom. The first-order chi connectivity index (χ1) is 9.43.